The first kappa shape index (κ1) is 37.1. The molecule has 0 saturated heterocycles. The second-order valence-corrected chi connectivity index (χ2v) is 14.0. The van der Waals surface area contributed by atoms with E-state index in [2.05, 4.69) is 105 Å². The fourth-order valence-electron chi connectivity index (χ4n) is 7.32. The minimum atomic E-state index is 0. The molecule has 8 bridgehead atoms. The Hall–Kier alpha value is -6.51. The number of rotatable bonds is 6. The molecule has 0 radical (unpaired) electrons. The van der Waals surface area contributed by atoms with Crippen molar-refractivity contribution in [3.63, 3.8) is 0 Å². The maximum Gasteiger partial charge on any atom is 2.00 e. The predicted octanol–water partition coefficient (Wildman–Crippen LogP) is 11.8. The van der Waals surface area contributed by atoms with Crippen molar-refractivity contribution in [2.45, 2.75) is 0 Å². The Morgan fingerprint density at radius 1 is 0.362 bits per heavy atom. The largest absolute Gasteiger partial charge is 2.00 e. The molecule has 2 aliphatic heterocycles. The van der Waals surface area contributed by atoms with E-state index in [1.807, 2.05) is 78.9 Å². The maximum atomic E-state index is 6.04. The zero-order valence-electron chi connectivity index (χ0n) is 30.7. The number of hydrogen-bond donors (Lipinski definition) is 1. The van der Waals surface area contributed by atoms with Gasteiger partial charge in [0.1, 0.15) is 0 Å². The van der Waals surface area contributed by atoms with E-state index >= 15 is 0 Å². The molecule has 58 heavy (non-hydrogen) atoms. The average Bonchev–Trinajstić information content (AvgIpc) is 4.08. The molecule has 8 nitrogen and oxygen atoms in total. The molecule has 4 aromatic carbocycles. The van der Waals surface area contributed by atoms with E-state index in [1.54, 1.807) is 0 Å². The SMILES string of the molecule is Clc1nc(Cl)nc(Nc2ccc(-c3c4nc(c(-c5ccccc5)c5ccc([n-]5)c(-c5ccccc5)c5nc(c(-c6ccccc6)c6ccc3[n-]6)C=C5)C=C4)cc2)n1.[Zn+2]. The third kappa shape index (κ3) is 7.16. The van der Waals surface area contributed by atoms with E-state index in [1.165, 1.54) is 0 Å². The zero-order chi connectivity index (χ0) is 38.3. The van der Waals surface area contributed by atoms with Crippen LogP contribution in [0, 0.1) is 0 Å². The van der Waals surface area contributed by atoms with Gasteiger partial charge in [-0.15, -0.1) is 22.1 Å². The summed E-state index contributed by atoms with van der Waals surface area (Å²) in [5.41, 5.74) is 14.8. The first-order valence-electron chi connectivity index (χ1n) is 18.2. The number of anilines is 2. The minimum Gasteiger partial charge on any atom is -0.657 e. The number of nitrogens with zero attached hydrogens (tertiary/aromatic N) is 7. The fourth-order valence-corrected chi connectivity index (χ4v) is 7.68. The molecule has 0 fully saturated rings. The molecule has 2 aliphatic rings. The summed E-state index contributed by atoms with van der Waals surface area (Å²) in [6.45, 7) is 0. The van der Waals surface area contributed by atoms with Crippen LogP contribution in [-0.2, 0) is 19.5 Å². The summed E-state index contributed by atoms with van der Waals surface area (Å²) < 4.78 is 0. The van der Waals surface area contributed by atoms with Crippen molar-refractivity contribution < 1.29 is 19.5 Å². The topological polar surface area (TPSA) is 105 Å². The first-order chi connectivity index (χ1) is 28.0. The second kappa shape index (κ2) is 15.8. The van der Waals surface area contributed by atoms with Crippen molar-refractivity contribution in [3.05, 3.63) is 173 Å². The Kier molecular flexibility index (Phi) is 10.1. The Morgan fingerprint density at radius 3 is 1.03 bits per heavy atom. The van der Waals surface area contributed by atoms with Gasteiger partial charge < -0.3 is 15.3 Å². The van der Waals surface area contributed by atoms with Crippen LogP contribution in [0.15, 0.2) is 140 Å². The molecule has 6 heterocycles. The van der Waals surface area contributed by atoms with Crippen LogP contribution in [0.25, 0.3) is 90.9 Å². The molecule has 0 saturated carbocycles. The van der Waals surface area contributed by atoms with Gasteiger partial charge in [-0.2, -0.15) is 15.0 Å². The number of aromatic nitrogens is 7. The van der Waals surface area contributed by atoms with E-state index in [0.29, 0.717) is 0 Å². The molecule has 272 valence electrons. The molecule has 1 N–H and O–H groups in total. The van der Waals surface area contributed by atoms with Gasteiger partial charge in [-0.3, -0.25) is 0 Å². The smallest absolute Gasteiger partial charge is 0.657 e. The van der Waals surface area contributed by atoms with Crippen molar-refractivity contribution in [1.82, 2.24) is 34.9 Å². The van der Waals surface area contributed by atoms with Crippen molar-refractivity contribution in [2.24, 2.45) is 0 Å². The van der Waals surface area contributed by atoms with Gasteiger partial charge in [-0.05, 0) is 104 Å². The third-order valence-electron chi connectivity index (χ3n) is 9.81. The number of halogens is 2. The molecule has 0 amide bonds. The van der Waals surface area contributed by atoms with Crippen LogP contribution in [0.2, 0.25) is 10.6 Å². The van der Waals surface area contributed by atoms with Crippen LogP contribution >= 0.6 is 23.2 Å². The summed E-state index contributed by atoms with van der Waals surface area (Å²) in [6.07, 6.45) is 8.27. The van der Waals surface area contributed by atoms with Crippen LogP contribution in [0.4, 0.5) is 11.6 Å². The van der Waals surface area contributed by atoms with Gasteiger partial charge in [0.05, 0.1) is 22.8 Å². The summed E-state index contributed by atoms with van der Waals surface area (Å²) in [4.78, 5) is 33.5. The molecule has 0 atom stereocenters. The monoisotopic (exact) mass is 838 g/mol. The van der Waals surface area contributed by atoms with Crippen LogP contribution in [0.5, 0.6) is 0 Å². The van der Waals surface area contributed by atoms with Crippen LogP contribution in [-0.4, -0.2) is 24.9 Å². The summed E-state index contributed by atoms with van der Waals surface area (Å²) >= 11 is 12.1. The fraction of sp³-hybridized carbons (Fsp3) is 0. The quantitative estimate of drug-likeness (QED) is 0.165. The van der Waals surface area contributed by atoms with E-state index in [9.17, 15) is 0 Å². The molecule has 0 unspecified atom stereocenters. The molecular formula is C47H28Cl2N8Zn. The van der Waals surface area contributed by atoms with Crippen molar-refractivity contribution >= 4 is 81.2 Å². The Morgan fingerprint density at radius 2 is 0.690 bits per heavy atom. The van der Waals surface area contributed by atoms with Gasteiger partial charge in [0, 0.05) is 5.69 Å². The van der Waals surface area contributed by atoms with Crippen molar-refractivity contribution in [2.75, 3.05) is 5.32 Å². The molecule has 4 aromatic heterocycles. The molecule has 0 spiro atoms. The number of fused-ring (bicyclic) bond motifs is 8. The van der Waals surface area contributed by atoms with Gasteiger partial charge >= 0.3 is 19.5 Å². The minimum absolute atomic E-state index is 0. The Labute approximate surface area is 356 Å². The summed E-state index contributed by atoms with van der Waals surface area (Å²) in [6, 6.07) is 47.1. The summed E-state index contributed by atoms with van der Waals surface area (Å²) in [7, 11) is 0. The van der Waals surface area contributed by atoms with E-state index in [0.717, 1.165) is 95.0 Å². The summed E-state index contributed by atoms with van der Waals surface area (Å²) in [5, 5.41) is 3.17. The van der Waals surface area contributed by atoms with E-state index in [-0.39, 0.29) is 36.0 Å². The van der Waals surface area contributed by atoms with Gasteiger partial charge in [0.2, 0.25) is 16.5 Å². The zero-order valence-corrected chi connectivity index (χ0v) is 35.2. The predicted molar refractivity (Wildman–Crippen MR) is 232 cm³/mol. The molecule has 8 aromatic rings. The summed E-state index contributed by atoms with van der Waals surface area (Å²) in [5.74, 6) is 0.241. The van der Waals surface area contributed by atoms with Crippen LogP contribution < -0.4 is 15.3 Å². The van der Waals surface area contributed by atoms with Gasteiger partial charge in [-0.1, -0.05) is 127 Å². The Balaban J connectivity index is 0.00000436. The molecule has 0 aliphatic carbocycles. The normalized spacial score (nSPS) is 11.7. The van der Waals surface area contributed by atoms with Crippen LogP contribution in [0.1, 0.15) is 22.8 Å². The Bertz CT molecular complexity index is 3000. The van der Waals surface area contributed by atoms with E-state index < -0.39 is 0 Å². The average molecular weight is 841 g/mol. The van der Waals surface area contributed by atoms with Gasteiger partial charge in [0.25, 0.3) is 0 Å². The molecular weight excluding hydrogens is 813 g/mol. The third-order valence-corrected chi connectivity index (χ3v) is 10.1. The first-order valence-corrected chi connectivity index (χ1v) is 19.0. The molecule has 11 heteroatoms. The maximum absolute atomic E-state index is 6.04. The second-order valence-electron chi connectivity index (χ2n) is 13.4. The molecule has 10 rings (SSSR count). The standard InChI is InChI=1S/C47H28Cl2N8.Zn/c48-45-55-46(49)57-47(56-45)50-32-18-16-31(17-19-32)44-39-26-24-37(53-39)42(29-12-6-2-7-13-29)35-22-20-33(51-35)41(28-10-4-1-5-11-28)34-21-23-36(52-34)43(30-14-8-3-9-15-30)38-25-27-40(44)54-38;/h1-27H,(H,50,55,56,57);/q-2;+2. The van der Waals surface area contributed by atoms with E-state index in [4.69, 9.17) is 43.1 Å². The number of hydrogen-bond acceptors (Lipinski definition) is 6. The number of nitrogens with one attached hydrogen (secondary N) is 1. The van der Waals surface area contributed by atoms with Crippen molar-refractivity contribution in [3.8, 4) is 44.5 Å². The van der Waals surface area contributed by atoms with Gasteiger partial charge in [0.15, 0.2) is 0 Å². The van der Waals surface area contributed by atoms with Crippen LogP contribution in [0.3, 0.4) is 0 Å². The van der Waals surface area contributed by atoms with Gasteiger partial charge in [-0.25, -0.2) is 9.97 Å². The number of benzene rings is 4. The van der Waals surface area contributed by atoms with Crippen molar-refractivity contribution in [1.29, 1.82) is 0 Å².